The predicted molar refractivity (Wildman–Crippen MR) is 94.5 cm³/mol. The van der Waals surface area contributed by atoms with Crippen LogP contribution in [0.5, 0.6) is 0 Å². The summed E-state index contributed by atoms with van der Waals surface area (Å²) >= 11 is 0. The van der Waals surface area contributed by atoms with E-state index in [1.807, 2.05) is 7.05 Å². The van der Waals surface area contributed by atoms with Crippen LogP contribution in [0.2, 0.25) is 0 Å². The molecule has 0 aliphatic carbocycles. The summed E-state index contributed by atoms with van der Waals surface area (Å²) in [5, 5.41) is 6.87. The molecule has 1 aliphatic heterocycles. The average Bonchev–Trinajstić information content (AvgIpc) is 2.97. The van der Waals surface area contributed by atoms with Crippen LogP contribution in [0.25, 0.3) is 0 Å². The lowest BCUT2D eigenvalue weighted by molar-refractivity contribution is 0.0258. The number of nitrogens with zero attached hydrogens (tertiary/aromatic N) is 2. The van der Waals surface area contributed by atoms with Crippen LogP contribution in [0.15, 0.2) is 4.99 Å². The highest BCUT2D eigenvalue weighted by atomic mass is 16.5. The smallest absolute Gasteiger partial charge is 0.190 e. The summed E-state index contributed by atoms with van der Waals surface area (Å²) in [6.45, 7) is 15.0. The number of guanidine groups is 1. The minimum atomic E-state index is 0.323. The van der Waals surface area contributed by atoms with Gasteiger partial charge in [-0.25, -0.2) is 0 Å². The van der Waals surface area contributed by atoms with Gasteiger partial charge in [0.05, 0.1) is 6.10 Å². The lowest BCUT2D eigenvalue weighted by Gasteiger charge is -2.22. The summed E-state index contributed by atoms with van der Waals surface area (Å²) in [5.41, 5.74) is 0. The average molecular weight is 313 g/mol. The van der Waals surface area contributed by atoms with E-state index in [1.54, 1.807) is 0 Å². The van der Waals surface area contributed by atoms with E-state index in [0.29, 0.717) is 12.0 Å². The predicted octanol–water partition coefficient (Wildman–Crippen LogP) is 1.94. The number of hydrogen-bond donors (Lipinski definition) is 2. The molecule has 0 aromatic carbocycles. The molecule has 0 amide bonds. The van der Waals surface area contributed by atoms with Crippen LogP contribution in [-0.4, -0.2) is 63.3 Å². The summed E-state index contributed by atoms with van der Waals surface area (Å²) in [6.07, 6.45) is 2.63. The molecule has 0 bridgehead atoms. The van der Waals surface area contributed by atoms with Gasteiger partial charge in [-0.1, -0.05) is 20.8 Å². The Labute approximate surface area is 136 Å². The van der Waals surface area contributed by atoms with Gasteiger partial charge >= 0.3 is 0 Å². The molecule has 0 spiro atoms. The largest absolute Gasteiger partial charge is 0.378 e. The molecule has 0 saturated carbocycles. The third-order valence-corrected chi connectivity index (χ3v) is 4.44. The molecule has 130 valence electrons. The van der Waals surface area contributed by atoms with Gasteiger partial charge in [0.1, 0.15) is 0 Å². The van der Waals surface area contributed by atoms with Crippen LogP contribution in [0, 0.1) is 11.8 Å². The monoisotopic (exact) mass is 312 g/mol. The van der Waals surface area contributed by atoms with Crippen molar-refractivity contribution in [2.24, 2.45) is 16.8 Å². The Bertz CT molecular complexity index is 320. The van der Waals surface area contributed by atoms with Gasteiger partial charge in [0.2, 0.25) is 0 Å². The molecule has 0 aromatic heterocycles. The van der Waals surface area contributed by atoms with Gasteiger partial charge < -0.3 is 20.3 Å². The van der Waals surface area contributed by atoms with Gasteiger partial charge in [-0.3, -0.25) is 4.99 Å². The molecule has 1 aliphatic rings. The van der Waals surface area contributed by atoms with Crippen LogP contribution >= 0.6 is 0 Å². The van der Waals surface area contributed by atoms with E-state index < -0.39 is 0 Å². The van der Waals surface area contributed by atoms with Crippen LogP contribution in [0.4, 0.5) is 0 Å². The fourth-order valence-electron chi connectivity index (χ4n) is 2.98. The maximum Gasteiger partial charge on any atom is 0.190 e. The van der Waals surface area contributed by atoms with Gasteiger partial charge in [-0.2, -0.15) is 0 Å². The van der Waals surface area contributed by atoms with E-state index in [4.69, 9.17) is 4.74 Å². The van der Waals surface area contributed by atoms with Crippen molar-refractivity contribution in [3.05, 3.63) is 0 Å². The molecule has 2 unspecified atom stereocenters. The number of ether oxygens (including phenoxy) is 1. The zero-order chi connectivity index (χ0) is 16.4. The zero-order valence-corrected chi connectivity index (χ0v) is 15.2. The third-order valence-electron chi connectivity index (χ3n) is 4.44. The first kappa shape index (κ1) is 19.2. The second-order valence-electron chi connectivity index (χ2n) is 6.45. The maximum absolute atomic E-state index is 5.78. The van der Waals surface area contributed by atoms with Crippen LogP contribution < -0.4 is 10.6 Å². The number of rotatable bonds is 9. The maximum atomic E-state index is 5.78. The first-order valence-electron chi connectivity index (χ1n) is 8.89. The fraction of sp³-hybridized carbons (Fsp3) is 0.941. The minimum Gasteiger partial charge on any atom is -0.378 e. The Kier molecular flexibility index (Phi) is 9.48. The molecule has 1 saturated heterocycles. The lowest BCUT2D eigenvalue weighted by atomic mass is 10.0. The molecule has 5 heteroatoms. The normalized spacial score (nSPS) is 21.4. The molecule has 1 rings (SSSR count). The summed E-state index contributed by atoms with van der Waals surface area (Å²) < 4.78 is 5.78. The SMILES string of the molecule is CCOC(CCNC(=NC)NCC1CCN(CC)C1)C(C)C. The van der Waals surface area contributed by atoms with Gasteiger partial charge in [0.15, 0.2) is 5.96 Å². The molecule has 22 heavy (non-hydrogen) atoms. The van der Waals surface area contributed by atoms with E-state index in [-0.39, 0.29) is 0 Å². The van der Waals surface area contributed by atoms with Gasteiger partial charge in [0.25, 0.3) is 0 Å². The van der Waals surface area contributed by atoms with Crippen molar-refractivity contribution >= 4 is 5.96 Å². The van der Waals surface area contributed by atoms with E-state index in [1.165, 1.54) is 19.5 Å². The summed E-state index contributed by atoms with van der Waals surface area (Å²) in [5.74, 6) is 2.20. The molecular formula is C17H36N4O. The Morgan fingerprint density at radius 3 is 2.64 bits per heavy atom. The number of nitrogens with one attached hydrogen (secondary N) is 2. The molecule has 2 atom stereocenters. The topological polar surface area (TPSA) is 48.9 Å². The first-order chi connectivity index (χ1) is 10.6. The van der Waals surface area contributed by atoms with Crippen molar-refractivity contribution in [2.75, 3.05) is 46.4 Å². The summed E-state index contributed by atoms with van der Waals surface area (Å²) in [4.78, 5) is 6.83. The van der Waals surface area contributed by atoms with Crippen molar-refractivity contribution in [3.8, 4) is 0 Å². The van der Waals surface area contributed by atoms with E-state index in [9.17, 15) is 0 Å². The van der Waals surface area contributed by atoms with Crippen LogP contribution in [-0.2, 0) is 4.74 Å². The zero-order valence-electron chi connectivity index (χ0n) is 15.2. The second kappa shape index (κ2) is 10.8. The second-order valence-corrected chi connectivity index (χ2v) is 6.45. The molecule has 2 N–H and O–H groups in total. The lowest BCUT2D eigenvalue weighted by Crippen LogP contribution is -2.41. The van der Waals surface area contributed by atoms with Crippen LogP contribution in [0.1, 0.15) is 40.5 Å². The highest BCUT2D eigenvalue weighted by molar-refractivity contribution is 5.79. The summed E-state index contributed by atoms with van der Waals surface area (Å²) in [7, 11) is 1.84. The van der Waals surface area contributed by atoms with Gasteiger partial charge in [-0.15, -0.1) is 0 Å². The fourth-order valence-corrected chi connectivity index (χ4v) is 2.98. The molecule has 1 heterocycles. The van der Waals surface area contributed by atoms with E-state index in [0.717, 1.165) is 44.5 Å². The van der Waals surface area contributed by atoms with Crippen molar-refractivity contribution in [3.63, 3.8) is 0 Å². The first-order valence-corrected chi connectivity index (χ1v) is 8.89. The molecule has 0 radical (unpaired) electrons. The van der Waals surface area contributed by atoms with Crippen molar-refractivity contribution in [1.29, 1.82) is 0 Å². The Hall–Kier alpha value is -0.810. The van der Waals surface area contributed by atoms with Crippen LogP contribution in [0.3, 0.4) is 0 Å². The minimum absolute atomic E-state index is 0.323. The number of hydrogen-bond acceptors (Lipinski definition) is 3. The van der Waals surface area contributed by atoms with Crippen molar-refractivity contribution in [2.45, 2.75) is 46.6 Å². The Balaban J connectivity index is 2.22. The molecular weight excluding hydrogens is 276 g/mol. The highest BCUT2D eigenvalue weighted by Gasteiger charge is 2.21. The molecule has 0 aromatic rings. The van der Waals surface area contributed by atoms with Crippen molar-refractivity contribution < 1.29 is 4.74 Å². The Morgan fingerprint density at radius 2 is 2.09 bits per heavy atom. The van der Waals surface area contributed by atoms with E-state index in [2.05, 4.69) is 48.2 Å². The number of aliphatic imine (C=N–C) groups is 1. The number of likely N-dealkylation sites (tertiary alicyclic amines) is 1. The standard InChI is InChI=1S/C17H36N4O/c1-6-21-11-9-15(13-21)12-20-17(18-5)19-10-8-16(14(3)4)22-7-2/h14-16H,6-13H2,1-5H3,(H2,18,19,20). The summed E-state index contributed by atoms with van der Waals surface area (Å²) in [6, 6.07) is 0. The quantitative estimate of drug-likeness (QED) is 0.505. The molecule has 1 fully saturated rings. The van der Waals surface area contributed by atoms with Crippen molar-refractivity contribution in [1.82, 2.24) is 15.5 Å². The Morgan fingerprint density at radius 1 is 1.32 bits per heavy atom. The van der Waals surface area contributed by atoms with Gasteiger partial charge in [-0.05, 0) is 44.7 Å². The van der Waals surface area contributed by atoms with E-state index >= 15 is 0 Å². The van der Waals surface area contributed by atoms with Gasteiger partial charge in [0, 0.05) is 33.3 Å². The third kappa shape index (κ3) is 6.97. The molecule has 5 nitrogen and oxygen atoms in total. The highest BCUT2D eigenvalue weighted by Crippen LogP contribution is 2.14.